The molecule has 0 unspecified atom stereocenters. The normalized spacial score (nSPS) is 18.3. The summed E-state index contributed by atoms with van der Waals surface area (Å²) in [4.78, 5) is 39.8. The third kappa shape index (κ3) is 7.21. The Morgan fingerprint density at radius 2 is 2.06 bits per heavy atom. The van der Waals surface area contributed by atoms with Gasteiger partial charge in [0.2, 0.25) is 11.7 Å². The summed E-state index contributed by atoms with van der Waals surface area (Å²) in [6.45, 7) is 6.64. The lowest BCUT2D eigenvalue weighted by Crippen LogP contribution is -2.45. The van der Waals surface area contributed by atoms with Gasteiger partial charge in [0.15, 0.2) is 0 Å². The zero-order valence-corrected chi connectivity index (χ0v) is 20.5. The molecule has 10 heteroatoms. The quantitative estimate of drug-likeness (QED) is 0.683. The van der Waals surface area contributed by atoms with Gasteiger partial charge in [-0.2, -0.15) is 0 Å². The fourth-order valence-corrected chi connectivity index (χ4v) is 3.79. The number of nitrogens with one attached hydrogen (secondary N) is 2. The van der Waals surface area contributed by atoms with Crippen molar-refractivity contribution in [2.45, 2.75) is 46.1 Å². The maximum absolute atomic E-state index is 13.1. The Bertz CT molecular complexity index is 1020. The third-order valence-corrected chi connectivity index (χ3v) is 5.47. The highest BCUT2D eigenvalue weighted by molar-refractivity contribution is 6.31. The zero-order chi connectivity index (χ0) is 24.7. The summed E-state index contributed by atoms with van der Waals surface area (Å²) in [5.74, 6) is -0.130. The van der Waals surface area contributed by atoms with Gasteiger partial charge >= 0.3 is 0 Å². The monoisotopic (exact) mass is 490 g/mol. The van der Waals surface area contributed by atoms with E-state index in [1.54, 1.807) is 31.2 Å². The van der Waals surface area contributed by atoms with Crippen LogP contribution in [0.4, 0.5) is 0 Å². The molecule has 0 radical (unpaired) electrons. The van der Waals surface area contributed by atoms with Gasteiger partial charge in [-0.1, -0.05) is 30.6 Å². The Balaban J connectivity index is 1.73. The highest BCUT2D eigenvalue weighted by Crippen LogP contribution is 2.23. The lowest BCUT2D eigenvalue weighted by atomic mass is 10.1. The van der Waals surface area contributed by atoms with Gasteiger partial charge in [-0.05, 0) is 50.3 Å². The SMILES string of the molecule is CC(C)Cc1cc(C(=O)N2CCCCNC(=O)c3cc(Cl)ccc3OC[C@H](C)NC(=O)C2)on1. The van der Waals surface area contributed by atoms with E-state index in [9.17, 15) is 14.4 Å². The standard InChI is InChI=1S/C24H31ClN4O5/c1-15(2)10-18-12-21(34-28-18)24(32)29-9-5-4-8-26-23(31)19-11-17(25)6-7-20(19)33-14-16(3)27-22(30)13-29/h6-7,11-12,15-16H,4-5,8-10,13-14H2,1-3H3,(H,26,31)(H,27,30)/t16-/m0/s1. The van der Waals surface area contributed by atoms with Crippen molar-refractivity contribution in [3.05, 3.63) is 46.3 Å². The van der Waals surface area contributed by atoms with E-state index in [2.05, 4.69) is 29.6 Å². The number of hydrogen-bond acceptors (Lipinski definition) is 6. The van der Waals surface area contributed by atoms with Crippen LogP contribution in [0.25, 0.3) is 0 Å². The second kappa shape index (κ2) is 11.9. The second-order valence-electron chi connectivity index (χ2n) is 8.89. The molecule has 1 aliphatic heterocycles. The molecule has 1 atom stereocenters. The number of nitrogens with zero attached hydrogens (tertiary/aromatic N) is 2. The minimum absolute atomic E-state index is 0.110. The van der Waals surface area contributed by atoms with Crippen LogP contribution in [0.15, 0.2) is 28.8 Å². The summed E-state index contributed by atoms with van der Waals surface area (Å²) in [6.07, 6.45) is 1.89. The van der Waals surface area contributed by atoms with Crippen molar-refractivity contribution in [3.8, 4) is 5.75 Å². The van der Waals surface area contributed by atoms with E-state index in [4.69, 9.17) is 20.9 Å². The van der Waals surface area contributed by atoms with Crippen LogP contribution >= 0.6 is 11.6 Å². The zero-order valence-electron chi connectivity index (χ0n) is 19.7. The molecule has 1 aromatic heterocycles. The molecule has 2 N–H and O–H groups in total. The average molecular weight is 491 g/mol. The predicted molar refractivity (Wildman–Crippen MR) is 127 cm³/mol. The van der Waals surface area contributed by atoms with Crippen molar-refractivity contribution < 1.29 is 23.6 Å². The Hall–Kier alpha value is -3.07. The minimum atomic E-state index is -0.392. The van der Waals surface area contributed by atoms with Crippen molar-refractivity contribution in [3.63, 3.8) is 0 Å². The summed E-state index contributed by atoms with van der Waals surface area (Å²) in [7, 11) is 0. The van der Waals surface area contributed by atoms with E-state index in [0.717, 1.165) is 0 Å². The molecule has 0 bridgehead atoms. The number of carbonyl (C=O) groups is 3. The molecule has 2 heterocycles. The van der Waals surface area contributed by atoms with Crippen LogP contribution in [0.3, 0.4) is 0 Å². The van der Waals surface area contributed by atoms with Crippen LogP contribution in [-0.4, -0.2) is 60.1 Å². The summed E-state index contributed by atoms with van der Waals surface area (Å²) in [5.41, 5.74) is 1.04. The molecular formula is C24H31ClN4O5. The van der Waals surface area contributed by atoms with Crippen LogP contribution < -0.4 is 15.4 Å². The molecule has 0 aliphatic carbocycles. The number of rotatable bonds is 3. The third-order valence-electron chi connectivity index (χ3n) is 5.23. The first-order chi connectivity index (χ1) is 16.2. The lowest BCUT2D eigenvalue weighted by molar-refractivity contribution is -0.122. The molecule has 3 rings (SSSR count). The second-order valence-corrected chi connectivity index (χ2v) is 9.33. The molecule has 1 aliphatic rings. The van der Waals surface area contributed by atoms with Crippen molar-refractivity contribution in [1.82, 2.24) is 20.7 Å². The molecule has 0 spiro atoms. The number of amides is 3. The molecule has 34 heavy (non-hydrogen) atoms. The first-order valence-corrected chi connectivity index (χ1v) is 11.9. The van der Waals surface area contributed by atoms with E-state index in [0.29, 0.717) is 60.3 Å². The largest absolute Gasteiger partial charge is 0.491 e. The van der Waals surface area contributed by atoms with Gasteiger partial charge in [-0.25, -0.2) is 0 Å². The van der Waals surface area contributed by atoms with Gasteiger partial charge in [0.05, 0.1) is 23.8 Å². The van der Waals surface area contributed by atoms with Crippen molar-refractivity contribution in [2.75, 3.05) is 26.2 Å². The number of fused-ring (bicyclic) bond motifs is 1. The maximum atomic E-state index is 13.1. The molecule has 0 fully saturated rings. The van der Waals surface area contributed by atoms with E-state index in [-0.39, 0.29) is 36.8 Å². The topological polar surface area (TPSA) is 114 Å². The van der Waals surface area contributed by atoms with Crippen molar-refractivity contribution in [1.29, 1.82) is 0 Å². The summed E-state index contributed by atoms with van der Waals surface area (Å²) >= 11 is 6.06. The Morgan fingerprint density at radius 3 is 2.82 bits per heavy atom. The minimum Gasteiger partial charge on any atom is -0.491 e. The van der Waals surface area contributed by atoms with Crippen LogP contribution in [0.1, 0.15) is 60.2 Å². The van der Waals surface area contributed by atoms with Gasteiger partial charge in [0.1, 0.15) is 12.4 Å². The summed E-state index contributed by atoms with van der Waals surface area (Å²) in [6, 6.07) is 6.11. The molecule has 184 valence electrons. The average Bonchev–Trinajstić information content (AvgIpc) is 3.23. The van der Waals surface area contributed by atoms with Crippen molar-refractivity contribution in [2.24, 2.45) is 5.92 Å². The molecule has 1 aromatic carbocycles. The van der Waals surface area contributed by atoms with Crippen LogP contribution in [0, 0.1) is 5.92 Å². The highest BCUT2D eigenvalue weighted by Gasteiger charge is 2.24. The van der Waals surface area contributed by atoms with E-state index in [1.807, 2.05) is 0 Å². The summed E-state index contributed by atoms with van der Waals surface area (Å²) in [5, 5.41) is 10.1. The van der Waals surface area contributed by atoms with Crippen molar-refractivity contribution >= 4 is 29.3 Å². The van der Waals surface area contributed by atoms with E-state index in [1.165, 1.54) is 4.90 Å². The molecule has 9 nitrogen and oxygen atoms in total. The molecule has 2 aromatic rings. The first-order valence-electron chi connectivity index (χ1n) is 11.5. The Kier molecular flexibility index (Phi) is 8.92. The Labute approximate surface area is 204 Å². The number of ether oxygens (including phenoxy) is 1. The number of benzene rings is 1. The predicted octanol–water partition coefficient (Wildman–Crippen LogP) is 3.08. The Morgan fingerprint density at radius 1 is 1.26 bits per heavy atom. The number of halogens is 1. The molecule has 0 saturated carbocycles. The molecule has 3 amide bonds. The van der Waals surface area contributed by atoms with E-state index >= 15 is 0 Å². The fourth-order valence-electron chi connectivity index (χ4n) is 3.62. The molecular weight excluding hydrogens is 460 g/mol. The fraction of sp³-hybridized carbons (Fsp3) is 0.500. The van der Waals surface area contributed by atoms with Gasteiger partial charge in [0.25, 0.3) is 11.8 Å². The van der Waals surface area contributed by atoms with Gasteiger partial charge in [0, 0.05) is 24.2 Å². The van der Waals surface area contributed by atoms with Gasteiger partial charge < -0.3 is 24.8 Å². The highest BCUT2D eigenvalue weighted by atomic mass is 35.5. The maximum Gasteiger partial charge on any atom is 0.292 e. The summed E-state index contributed by atoms with van der Waals surface area (Å²) < 4.78 is 11.1. The number of aromatic nitrogens is 1. The van der Waals surface area contributed by atoms with Gasteiger partial charge in [-0.15, -0.1) is 0 Å². The number of hydrogen-bond donors (Lipinski definition) is 2. The van der Waals surface area contributed by atoms with Gasteiger partial charge in [-0.3, -0.25) is 14.4 Å². The molecule has 0 saturated heterocycles. The van der Waals surface area contributed by atoms with E-state index < -0.39 is 5.91 Å². The number of carbonyl (C=O) groups excluding carboxylic acids is 3. The first kappa shape index (κ1) is 25.6. The smallest absolute Gasteiger partial charge is 0.292 e. The van der Waals surface area contributed by atoms with Crippen LogP contribution in [0.5, 0.6) is 5.75 Å². The van der Waals surface area contributed by atoms with Crippen LogP contribution in [0.2, 0.25) is 5.02 Å². The lowest BCUT2D eigenvalue weighted by Gasteiger charge is -2.22. The van der Waals surface area contributed by atoms with Crippen LogP contribution in [-0.2, 0) is 11.2 Å².